The zero-order chi connectivity index (χ0) is 10.0. The van der Waals surface area contributed by atoms with E-state index in [1.54, 1.807) is 0 Å². The summed E-state index contributed by atoms with van der Waals surface area (Å²) in [6, 6.07) is -1.01. The summed E-state index contributed by atoms with van der Waals surface area (Å²) in [7, 11) is 0. The van der Waals surface area contributed by atoms with E-state index in [-0.39, 0.29) is 12.1 Å². The van der Waals surface area contributed by atoms with E-state index in [0.29, 0.717) is 10.3 Å². The van der Waals surface area contributed by atoms with Crippen molar-refractivity contribution in [2.75, 3.05) is 0 Å². The standard InChI is InChI=1S/C6H8BrN3O3/c7-4-3(9-6(13)10-4)1-2(8)5(11)12/h2H,1,8H2,(H,11,12)(H2,9,10,13). The van der Waals surface area contributed by atoms with Gasteiger partial charge in [0.1, 0.15) is 10.6 Å². The molecular formula is C6H8BrN3O3. The maximum Gasteiger partial charge on any atom is 0.323 e. The maximum absolute atomic E-state index is 10.7. The number of nitrogens with two attached hydrogens (primary N) is 1. The average Bonchev–Trinajstić information content (AvgIpc) is 2.30. The van der Waals surface area contributed by atoms with Crippen LogP contribution in [0.25, 0.3) is 0 Å². The van der Waals surface area contributed by atoms with Crippen LogP contribution in [-0.2, 0) is 11.2 Å². The second-order valence-corrected chi connectivity index (χ2v) is 3.31. The molecule has 0 saturated carbocycles. The van der Waals surface area contributed by atoms with Gasteiger partial charge in [0.25, 0.3) is 0 Å². The molecule has 1 atom stereocenters. The number of aromatic amines is 2. The third-order valence-corrected chi connectivity index (χ3v) is 2.17. The van der Waals surface area contributed by atoms with Gasteiger partial charge in [-0.05, 0) is 15.9 Å². The van der Waals surface area contributed by atoms with Crippen LogP contribution in [0.15, 0.2) is 9.40 Å². The monoisotopic (exact) mass is 249 g/mol. The number of halogens is 1. The molecule has 0 aliphatic carbocycles. The molecule has 1 heterocycles. The number of carboxylic acids is 1. The van der Waals surface area contributed by atoms with E-state index in [1.165, 1.54) is 0 Å². The van der Waals surface area contributed by atoms with Crippen molar-refractivity contribution in [1.29, 1.82) is 0 Å². The molecule has 0 amide bonds. The molecule has 5 N–H and O–H groups in total. The highest BCUT2D eigenvalue weighted by atomic mass is 79.9. The number of rotatable bonds is 3. The molecular weight excluding hydrogens is 242 g/mol. The van der Waals surface area contributed by atoms with Gasteiger partial charge in [-0.25, -0.2) is 4.79 Å². The Bertz CT molecular complexity index is 369. The molecule has 0 saturated heterocycles. The van der Waals surface area contributed by atoms with E-state index in [1.807, 2.05) is 0 Å². The molecule has 0 aliphatic heterocycles. The summed E-state index contributed by atoms with van der Waals surface area (Å²) < 4.78 is 0.439. The van der Waals surface area contributed by atoms with Crippen molar-refractivity contribution in [3.63, 3.8) is 0 Å². The molecule has 6 nitrogen and oxygen atoms in total. The fourth-order valence-electron chi connectivity index (χ4n) is 0.846. The number of hydrogen-bond donors (Lipinski definition) is 4. The van der Waals surface area contributed by atoms with Gasteiger partial charge in [0, 0.05) is 6.42 Å². The minimum Gasteiger partial charge on any atom is -0.480 e. The molecule has 7 heteroatoms. The van der Waals surface area contributed by atoms with Gasteiger partial charge in [0.05, 0.1) is 5.69 Å². The van der Waals surface area contributed by atoms with E-state index in [4.69, 9.17) is 10.8 Å². The number of nitrogens with one attached hydrogen (secondary N) is 2. The van der Waals surface area contributed by atoms with Crippen molar-refractivity contribution in [2.45, 2.75) is 12.5 Å². The van der Waals surface area contributed by atoms with E-state index in [2.05, 4.69) is 25.9 Å². The van der Waals surface area contributed by atoms with Crippen molar-refractivity contribution < 1.29 is 9.90 Å². The first kappa shape index (κ1) is 10.0. The summed E-state index contributed by atoms with van der Waals surface area (Å²) in [5.41, 5.74) is 5.34. The van der Waals surface area contributed by atoms with Gasteiger partial charge in [0.2, 0.25) is 0 Å². The summed E-state index contributed by atoms with van der Waals surface area (Å²) >= 11 is 3.06. The topological polar surface area (TPSA) is 112 Å². The molecule has 72 valence electrons. The summed E-state index contributed by atoms with van der Waals surface area (Å²) in [6.07, 6.45) is 0.0780. The molecule has 1 rings (SSSR count). The highest BCUT2D eigenvalue weighted by molar-refractivity contribution is 9.10. The van der Waals surface area contributed by atoms with Gasteiger partial charge in [-0.15, -0.1) is 0 Å². The van der Waals surface area contributed by atoms with Crippen LogP contribution in [-0.4, -0.2) is 27.1 Å². The van der Waals surface area contributed by atoms with Crippen molar-refractivity contribution in [3.05, 3.63) is 20.8 Å². The first-order valence-electron chi connectivity index (χ1n) is 3.45. The first-order valence-corrected chi connectivity index (χ1v) is 4.25. The van der Waals surface area contributed by atoms with Crippen LogP contribution in [0.4, 0.5) is 0 Å². The minimum absolute atomic E-state index is 0.0780. The zero-order valence-corrected chi connectivity index (χ0v) is 8.09. The summed E-state index contributed by atoms with van der Waals surface area (Å²) in [4.78, 5) is 25.9. The fourth-order valence-corrected chi connectivity index (χ4v) is 1.29. The van der Waals surface area contributed by atoms with Gasteiger partial charge in [-0.1, -0.05) is 0 Å². The average molecular weight is 250 g/mol. The van der Waals surface area contributed by atoms with Crippen molar-refractivity contribution in [3.8, 4) is 0 Å². The lowest BCUT2D eigenvalue weighted by molar-refractivity contribution is -0.138. The van der Waals surface area contributed by atoms with Crippen LogP contribution in [0.3, 0.4) is 0 Å². The number of imidazole rings is 1. The lowest BCUT2D eigenvalue weighted by Gasteiger charge is -2.03. The molecule has 0 fully saturated rings. The quantitative estimate of drug-likeness (QED) is 0.574. The van der Waals surface area contributed by atoms with Gasteiger partial charge >= 0.3 is 11.7 Å². The van der Waals surface area contributed by atoms with Crippen molar-refractivity contribution in [1.82, 2.24) is 9.97 Å². The van der Waals surface area contributed by atoms with Crippen LogP contribution in [0, 0.1) is 0 Å². The number of carbonyl (C=O) groups is 1. The smallest absolute Gasteiger partial charge is 0.323 e. The second-order valence-electron chi connectivity index (χ2n) is 2.52. The van der Waals surface area contributed by atoms with Gasteiger partial charge < -0.3 is 20.8 Å². The van der Waals surface area contributed by atoms with Crippen LogP contribution in [0.2, 0.25) is 0 Å². The number of carboxylic acid groups (broad SMARTS) is 1. The first-order chi connectivity index (χ1) is 6.00. The molecule has 0 bridgehead atoms. The Morgan fingerprint density at radius 1 is 1.62 bits per heavy atom. The van der Waals surface area contributed by atoms with E-state index >= 15 is 0 Å². The number of aliphatic carboxylic acids is 1. The molecule has 0 aliphatic rings. The second kappa shape index (κ2) is 3.75. The summed E-state index contributed by atoms with van der Waals surface area (Å²) in [6.45, 7) is 0. The van der Waals surface area contributed by atoms with Crippen molar-refractivity contribution in [2.24, 2.45) is 5.73 Å². The summed E-state index contributed by atoms with van der Waals surface area (Å²) in [5.74, 6) is -1.10. The van der Waals surface area contributed by atoms with Crippen molar-refractivity contribution >= 4 is 21.9 Å². The molecule has 0 spiro atoms. The lowest BCUT2D eigenvalue weighted by atomic mass is 10.2. The Balaban J connectivity index is 2.80. The fraction of sp³-hybridized carbons (Fsp3) is 0.333. The van der Waals surface area contributed by atoms with E-state index < -0.39 is 12.0 Å². The van der Waals surface area contributed by atoms with Crippen LogP contribution in [0.1, 0.15) is 5.69 Å². The third kappa shape index (κ3) is 2.43. The predicted octanol–water partition coefficient (Wildman–Crippen LogP) is -0.580. The molecule has 0 aromatic carbocycles. The van der Waals surface area contributed by atoms with Gasteiger partial charge in [0.15, 0.2) is 0 Å². The van der Waals surface area contributed by atoms with Gasteiger partial charge in [-0.2, -0.15) is 0 Å². The third-order valence-electron chi connectivity index (χ3n) is 1.49. The minimum atomic E-state index is -1.10. The molecule has 1 unspecified atom stereocenters. The Hall–Kier alpha value is -1.08. The van der Waals surface area contributed by atoms with Crippen LogP contribution in [0.5, 0.6) is 0 Å². The highest BCUT2D eigenvalue weighted by Crippen LogP contribution is 2.10. The summed E-state index contributed by atoms with van der Waals surface area (Å²) in [5, 5.41) is 8.50. The SMILES string of the molecule is NC(Cc1[nH]c(=O)[nH]c1Br)C(=O)O. The van der Waals surface area contributed by atoms with Crippen LogP contribution >= 0.6 is 15.9 Å². The highest BCUT2D eigenvalue weighted by Gasteiger charge is 2.15. The van der Waals surface area contributed by atoms with E-state index in [0.717, 1.165) is 0 Å². The largest absolute Gasteiger partial charge is 0.480 e. The lowest BCUT2D eigenvalue weighted by Crippen LogP contribution is -2.32. The Labute approximate surface area is 81.3 Å². The Morgan fingerprint density at radius 2 is 2.23 bits per heavy atom. The molecule has 0 radical (unpaired) electrons. The Morgan fingerprint density at radius 3 is 2.62 bits per heavy atom. The Kier molecular flexibility index (Phi) is 2.89. The molecule has 13 heavy (non-hydrogen) atoms. The number of aromatic nitrogens is 2. The zero-order valence-electron chi connectivity index (χ0n) is 6.50. The van der Waals surface area contributed by atoms with E-state index in [9.17, 15) is 9.59 Å². The predicted molar refractivity (Wildman–Crippen MR) is 48.4 cm³/mol. The molecule has 1 aromatic heterocycles. The van der Waals surface area contributed by atoms with Crippen LogP contribution < -0.4 is 11.4 Å². The molecule has 1 aromatic rings. The maximum atomic E-state index is 10.7. The number of H-pyrrole nitrogens is 2. The number of hydrogen-bond acceptors (Lipinski definition) is 3. The normalized spacial score (nSPS) is 12.8. The van der Waals surface area contributed by atoms with Gasteiger partial charge in [-0.3, -0.25) is 4.79 Å².